The van der Waals surface area contributed by atoms with Gasteiger partial charge in [0.25, 0.3) is 0 Å². The maximum Gasteiger partial charge on any atom is 0.412 e. The van der Waals surface area contributed by atoms with Gasteiger partial charge in [-0.05, 0) is 39.9 Å². The molecule has 0 aromatic heterocycles. The second-order valence-corrected chi connectivity index (χ2v) is 10.0. The van der Waals surface area contributed by atoms with Crippen molar-refractivity contribution in [2.75, 3.05) is 14.2 Å². The van der Waals surface area contributed by atoms with E-state index in [2.05, 4.69) is 0 Å². The molecular weight excluding hydrogens is 542 g/mol. The molecule has 208 valence electrons. The van der Waals surface area contributed by atoms with Gasteiger partial charge in [-0.1, -0.05) is 109 Å². The minimum Gasteiger partial charge on any atom is -0.467 e. The average molecular weight is 570 g/mol. The summed E-state index contributed by atoms with van der Waals surface area (Å²) in [7, 11) is 2.50. The Morgan fingerprint density at radius 2 is 1.34 bits per heavy atom. The summed E-state index contributed by atoms with van der Waals surface area (Å²) in [6.07, 6.45) is -0.882. The molecule has 0 fully saturated rings. The van der Waals surface area contributed by atoms with Crippen molar-refractivity contribution in [1.29, 1.82) is 0 Å². The molecule has 1 aliphatic rings. The fourth-order valence-corrected chi connectivity index (χ4v) is 5.80. The maximum absolute atomic E-state index is 14.3. The van der Waals surface area contributed by atoms with Crippen molar-refractivity contribution in [3.8, 4) is 0 Å². The minimum absolute atomic E-state index is 0.0800. The summed E-state index contributed by atoms with van der Waals surface area (Å²) in [5, 5.41) is 0.507. The molecule has 7 nitrogen and oxygen atoms in total. The van der Waals surface area contributed by atoms with Gasteiger partial charge in [-0.2, -0.15) is 0 Å². The third kappa shape index (κ3) is 4.93. The molecule has 41 heavy (non-hydrogen) atoms. The smallest absolute Gasteiger partial charge is 0.412 e. The summed E-state index contributed by atoms with van der Waals surface area (Å²) in [4.78, 5) is 43.4. The fraction of sp³-hybridized carbons (Fsp3) is 0.182. The van der Waals surface area contributed by atoms with E-state index >= 15 is 0 Å². The fourth-order valence-electron chi connectivity index (χ4n) is 5.68. The first-order valence-electron chi connectivity index (χ1n) is 13.0. The van der Waals surface area contributed by atoms with Crippen LogP contribution in [0.25, 0.3) is 0 Å². The molecule has 1 aliphatic heterocycles. The molecule has 4 aromatic rings. The maximum atomic E-state index is 14.3. The second kappa shape index (κ2) is 11.9. The van der Waals surface area contributed by atoms with Gasteiger partial charge in [0.2, 0.25) is 0 Å². The number of methoxy groups -OCH3 is 2. The van der Waals surface area contributed by atoms with Crippen LogP contribution < -0.4 is 0 Å². The Balaban J connectivity index is 1.84. The summed E-state index contributed by atoms with van der Waals surface area (Å²) in [6.45, 7) is -0.0800. The minimum atomic E-state index is -1.87. The van der Waals surface area contributed by atoms with Crippen LogP contribution in [0.1, 0.15) is 39.8 Å². The predicted octanol–water partition coefficient (Wildman–Crippen LogP) is 6.41. The van der Waals surface area contributed by atoms with Gasteiger partial charge in [-0.15, -0.1) is 0 Å². The van der Waals surface area contributed by atoms with E-state index in [9.17, 15) is 14.4 Å². The molecule has 3 atom stereocenters. The summed E-state index contributed by atoms with van der Waals surface area (Å²) in [6, 6.07) is 30.9. The zero-order chi connectivity index (χ0) is 29.0. The highest BCUT2D eigenvalue weighted by molar-refractivity contribution is 6.30. The van der Waals surface area contributed by atoms with Crippen molar-refractivity contribution < 1.29 is 28.6 Å². The SMILES string of the molecule is COC(=O)[C@@H]1c2ccccc2[C@@H](c2ccc(Cl)cc2)[C@](C(=O)OC)(c2ccccc2)N1C(=O)OCc1ccccc1. The van der Waals surface area contributed by atoms with Crippen LogP contribution in [0.4, 0.5) is 4.79 Å². The molecular formula is C33H28ClNO6. The van der Waals surface area contributed by atoms with Crippen LogP contribution in [0.3, 0.4) is 0 Å². The quantitative estimate of drug-likeness (QED) is 0.197. The van der Waals surface area contributed by atoms with Crippen LogP contribution in [0.5, 0.6) is 0 Å². The summed E-state index contributed by atoms with van der Waals surface area (Å²) >= 11 is 6.25. The molecule has 0 unspecified atom stereocenters. The van der Waals surface area contributed by atoms with Crippen LogP contribution in [0.2, 0.25) is 5.02 Å². The number of carbonyl (C=O) groups excluding carboxylic acids is 3. The lowest BCUT2D eigenvalue weighted by atomic mass is 9.65. The molecule has 0 aliphatic carbocycles. The Kier molecular flexibility index (Phi) is 8.08. The molecule has 1 amide bonds. The zero-order valence-corrected chi connectivity index (χ0v) is 23.3. The number of fused-ring (bicyclic) bond motifs is 1. The Labute approximate surface area is 243 Å². The van der Waals surface area contributed by atoms with Crippen LogP contribution in [-0.2, 0) is 35.9 Å². The van der Waals surface area contributed by atoms with Gasteiger partial charge in [0.05, 0.1) is 14.2 Å². The van der Waals surface area contributed by atoms with Crippen LogP contribution in [0.15, 0.2) is 109 Å². The monoisotopic (exact) mass is 569 g/mol. The number of rotatable bonds is 6. The number of carbonyl (C=O) groups is 3. The van der Waals surface area contributed by atoms with E-state index < -0.39 is 35.5 Å². The van der Waals surface area contributed by atoms with Crippen LogP contribution >= 0.6 is 11.6 Å². The lowest BCUT2D eigenvalue weighted by molar-refractivity contribution is -0.165. The van der Waals surface area contributed by atoms with E-state index in [1.807, 2.05) is 42.5 Å². The van der Waals surface area contributed by atoms with E-state index in [0.29, 0.717) is 27.3 Å². The number of ether oxygens (including phenoxy) is 3. The lowest BCUT2D eigenvalue weighted by Crippen LogP contribution is -2.63. The second-order valence-electron chi connectivity index (χ2n) is 9.57. The number of nitrogens with zero attached hydrogens (tertiary/aromatic N) is 1. The normalized spacial score (nSPS) is 19.5. The van der Waals surface area contributed by atoms with Gasteiger partial charge >= 0.3 is 18.0 Å². The van der Waals surface area contributed by atoms with E-state index in [-0.39, 0.29) is 6.61 Å². The summed E-state index contributed by atoms with van der Waals surface area (Å²) in [5.41, 5.74) is 1.15. The van der Waals surface area contributed by atoms with Gasteiger partial charge in [-0.25, -0.2) is 14.4 Å². The highest BCUT2D eigenvalue weighted by Crippen LogP contribution is 2.56. The van der Waals surface area contributed by atoms with Gasteiger partial charge < -0.3 is 14.2 Å². The Hall–Kier alpha value is -4.62. The van der Waals surface area contributed by atoms with Gasteiger partial charge in [0.15, 0.2) is 11.6 Å². The molecule has 5 rings (SSSR count). The third-order valence-electron chi connectivity index (χ3n) is 7.40. The molecule has 0 bridgehead atoms. The number of amides is 1. The van der Waals surface area contributed by atoms with Crippen molar-refractivity contribution in [2.45, 2.75) is 24.1 Å². The molecule has 0 saturated carbocycles. The molecule has 0 radical (unpaired) electrons. The molecule has 4 aromatic carbocycles. The van der Waals surface area contributed by atoms with Gasteiger partial charge in [0, 0.05) is 10.9 Å². The average Bonchev–Trinajstić information content (AvgIpc) is 3.03. The predicted molar refractivity (Wildman–Crippen MR) is 153 cm³/mol. The first-order chi connectivity index (χ1) is 19.9. The van der Waals surface area contributed by atoms with Crippen molar-refractivity contribution in [2.24, 2.45) is 0 Å². The van der Waals surface area contributed by atoms with E-state index in [1.165, 1.54) is 19.1 Å². The first kappa shape index (κ1) is 27.9. The van der Waals surface area contributed by atoms with E-state index in [1.54, 1.807) is 66.7 Å². The van der Waals surface area contributed by atoms with Crippen molar-refractivity contribution in [1.82, 2.24) is 4.90 Å². The van der Waals surface area contributed by atoms with Crippen LogP contribution in [-0.4, -0.2) is 37.2 Å². The van der Waals surface area contributed by atoms with Crippen molar-refractivity contribution in [3.05, 3.63) is 142 Å². The third-order valence-corrected chi connectivity index (χ3v) is 7.65. The van der Waals surface area contributed by atoms with E-state index in [0.717, 1.165) is 5.56 Å². The zero-order valence-electron chi connectivity index (χ0n) is 22.5. The van der Waals surface area contributed by atoms with Crippen LogP contribution in [0, 0.1) is 0 Å². The summed E-state index contributed by atoms with van der Waals surface area (Å²) < 4.78 is 16.5. The lowest BCUT2D eigenvalue weighted by Gasteiger charge is -2.52. The number of esters is 2. The van der Waals surface area contributed by atoms with Gasteiger partial charge in [-0.3, -0.25) is 4.90 Å². The number of hydrogen-bond donors (Lipinski definition) is 0. The Morgan fingerprint density at radius 1 is 0.756 bits per heavy atom. The number of benzene rings is 4. The highest BCUT2D eigenvalue weighted by atomic mass is 35.5. The van der Waals surface area contributed by atoms with E-state index in [4.69, 9.17) is 25.8 Å². The Bertz CT molecular complexity index is 1540. The number of halogens is 1. The standard InChI is InChI=1S/C33H28ClNO6/c1-39-30(36)29-27-16-10-9-15-26(27)28(23-17-19-25(34)20-18-23)33(31(37)40-2,24-13-7-4-8-14-24)35(29)32(38)41-21-22-11-5-3-6-12-22/h3-20,28-29H,21H2,1-2H3/t28-,29+,33+/m1/s1. The molecule has 0 spiro atoms. The largest absolute Gasteiger partial charge is 0.467 e. The van der Waals surface area contributed by atoms with Gasteiger partial charge in [0.1, 0.15) is 6.61 Å². The topological polar surface area (TPSA) is 82.1 Å². The molecule has 0 saturated heterocycles. The first-order valence-corrected chi connectivity index (χ1v) is 13.4. The molecule has 1 heterocycles. The summed E-state index contributed by atoms with van der Waals surface area (Å²) in [5.74, 6) is -2.28. The highest BCUT2D eigenvalue weighted by Gasteiger charge is 2.63. The molecule has 8 heteroatoms. The number of hydrogen-bond acceptors (Lipinski definition) is 6. The molecule has 0 N–H and O–H groups in total. The van der Waals surface area contributed by atoms with Crippen molar-refractivity contribution in [3.63, 3.8) is 0 Å². The van der Waals surface area contributed by atoms with Crippen molar-refractivity contribution >= 4 is 29.6 Å². The Morgan fingerprint density at radius 3 is 1.95 bits per heavy atom.